The Morgan fingerprint density at radius 3 is 1.91 bits per heavy atom. The molecule has 1 saturated heterocycles. The molecule has 0 aromatic heterocycles. The number of nitrogens with zero attached hydrogens (tertiary/aromatic N) is 1. The van der Waals surface area contributed by atoms with Gasteiger partial charge in [0.15, 0.2) is 0 Å². The molecule has 1 saturated carbocycles. The average Bonchev–Trinajstić information content (AvgIpc) is 2.92. The lowest BCUT2D eigenvalue weighted by Crippen LogP contribution is -2.42. The van der Waals surface area contributed by atoms with E-state index in [-0.39, 0.29) is 0 Å². The summed E-state index contributed by atoms with van der Waals surface area (Å²) in [6.45, 7) is 3.62. The highest BCUT2D eigenvalue weighted by molar-refractivity contribution is 5.47. The molecule has 64 valence electrons. The Morgan fingerprint density at radius 1 is 1.09 bits per heavy atom. The van der Waals surface area contributed by atoms with Crippen molar-refractivity contribution in [2.45, 2.75) is 19.3 Å². The zero-order chi connectivity index (χ0) is 7.94. The van der Waals surface area contributed by atoms with E-state index in [4.69, 9.17) is 0 Å². The third-order valence-corrected chi connectivity index (χ3v) is 1.65. The van der Waals surface area contributed by atoms with Crippen LogP contribution in [-0.4, -0.2) is 37.5 Å². The molecule has 1 aliphatic carbocycles. The molecule has 1 N–H and O–H groups in total. The molecule has 1 heterocycles. The van der Waals surface area contributed by atoms with Crippen molar-refractivity contribution in [1.82, 2.24) is 10.2 Å². The molecular formula is C8H16N2O. The Kier molecular flexibility index (Phi) is 3.98. The largest absolute Gasteiger partial charge is 0.343 e. The lowest BCUT2D eigenvalue weighted by atomic mass is 10.4. The van der Waals surface area contributed by atoms with Crippen LogP contribution < -0.4 is 5.32 Å². The van der Waals surface area contributed by atoms with Gasteiger partial charge in [0.25, 0.3) is 0 Å². The standard InChI is InChI=1S/C5H10N2O.C3H6/c8-5-7-3-1-6-2-4-7;1-2-3-1/h5-6H,1-4H2;1-3H2. The molecule has 0 spiro atoms. The van der Waals surface area contributed by atoms with Gasteiger partial charge in [-0.05, 0) is 0 Å². The van der Waals surface area contributed by atoms with Gasteiger partial charge in [-0.25, -0.2) is 0 Å². The van der Waals surface area contributed by atoms with Gasteiger partial charge in [0.05, 0.1) is 0 Å². The molecule has 2 rings (SSSR count). The maximum atomic E-state index is 10.1. The number of carbonyl (C=O) groups is 1. The predicted octanol–water partition coefficient (Wildman–Crippen LogP) is 0.218. The molecule has 2 aliphatic rings. The number of hydrogen-bond acceptors (Lipinski definition) is 2. The summed E-state index contributed by atoms with van der Waals surface area (Å²) in [6, 6.07) is 0. The van der Waals surface area contributed by atoms with E-state index in [0.29, 0.717) is 0 Å². The third-order valence-electron chi connectivity index (χ3n) is 1.65. The van der Waals surface area contributed by atoms with Gasteiger partial charge in [-0.2, -0.15) is 0 Å². The number of carbonyl (C=O) groups excluding carboxylic acids is 1. The summed E-state index contributed by atoms with van der Waals surface area (Å²) in [4.78, 5) is 11.8. The molecule has 0 bridgehead atoms. The van der Waals surface area contributed by atoms with Crippen molar-refractivity contribution in [3.8, 4) is 0 Å². The number of rotatable bonds is 1. The number of amides is 1. The molecule has 2 fully saturated rings. The summed E-state index contributed by atoms with van der Waals surface area (Å²) in [6.07, 6.45) is 5.40. The van der Waals surface area contributed by atoms with Crippen molar-refractivity contribution >= 4 is 6.41 Å². The summed E-state index contributed by atoms with van der Waals surface area (Å²) < 4.78 is 0. The van der Waals surface area contributed by atoms with Crippen LogP contribution in [0.25, 0.3) is 0 Å². The van der Waals surface area contributed by atoms with Crippen LogP contribution in [0.1, 0.15) is 19.3 Å². The minimum absolute atomic E-state index is 0.865. The maximum absolute atomic E-state index is 10.1. The van der Waals surface area contributed by atoms with Gasteiger partial charge in [-0.3, -0.25) is 4.79 Å². The minimum atomic E-state index is 0.865. The van der Waals surface area contributed by atoms with Crippen molar-refractivity contribution in [3.05, 3.63) is 0 Å². The third kappa shape index (κ3) is 4.79. The molecule has 0 atom stereocenters. The highest BCUT2D eigenvalue weighted by atomic mass is 16.1. The second-order valence-electron chi connectivity index (χ2n) is 2.95. The van der Waals surface area contributed by atoms with Crippen LogP contribution in [0, 0.1) is 0 Å². The Bertz CT molecular complexity index is 106. The van der Waals surface area contributed by atoms with Crippen LogP contribution in [0.4, 0.5) is 0 Å². The molecule has 0 aromatic rings. The van der Waals surface area contributed by atoms with Gasteiger partial charge in [0, 0.05) is 26.2 Å². The first-order chi connectivity index (χ1) is 5.43. The summed E-state index contributed by atoms with van der Waals surface area (Å²) in [5.41, 5.74) is 0. The molecule has 1 amide bonds. The Morgan fingerprint density at radius 2 is 1.64 bits per heavy atom. The lowest BCUT2D eigenvalue weighted by Gasteiger charge is -2.22. The minimum Gasteiger partial charge on any atom is -0.343 e. The summed E-state index contributed by atoms with van der Waals surface area (Å²) in [7, 11) is 0. The van der Waals surface area contributed by atoms with Crippen LogP contribution in [0.15, 0.2) is 0 Å². The van der Waals surface area contributed by atoms with Crippen LogP contribution in [0.3, 0.4) is 0 Å². The van der Waals surface area contributed by atoms with Crippen LogP contribution in [0.5, 0.6) is 0 Å². The molecule has 3 nitrogen and oxygen atoms in total. The Labute approximate surface area is 67.8 Å². The van der Waals surface area contributed by atoms with Gasteiger partial charge in [-0.1, -0.05) is 19.3 Å². The van der Waals surface area contributed by atoms with Crippen molar-refractivity contribution in [2.75, 3.05) is 26.2 Å². The molecule has 11 heavy (non-hydrogen) atoms. The highest BCUT2D eigenvalue weighted by Crippen LogP contribution is 2.14. The fourth-order valence-electron chi connectivity index (χ4n) is 0.788. The first-order valence-electron chi connectivity index (χ1n) is 4.33. The van der Waals surface area contributed by atoms with Crippen molar-refractivity contribution in [2.24, 2.45) is 0 Å². The first-order valence-corrected chi connectivity index (χ1v) is 4.33. The van der Waals surface area contributed by atoms with E-state index in [2.05, 4.69) is 5.32 Å². The van der Waals surface area contributed by atoms with E-state index in [1.807, 2.05) is 0 Å². The molecule has 0 radical (unpaired) electrons. The van der Waals surface area contributed by atoms with Gasteiger partial charge in [-0.15, -0.1) is 0 Å². The highest BCUT2D eigenvalue weighted by Gasteiger charge is 2.04. The van der Waals surface area contributed by atoms with E-state index in [9.17, 15) is 4.79 Å². The van der Waals surface area contributed by atoms with Gasteiger partial charge < -0.3 is 10.2 Å². The van der Waals surface area contributed by atoms with E-state index in [0.717, 1.165) is 32.6 Å². The van der Waals surface area contributed by atoms with Gasteiger partial charge in [0.1, 0.15) is 0 Å². The molecule has 1 aliphatic heterocycles. The fourth-order valence-corrected chi connectivity index (χ4v) is 0.788. The topological polar surface area (TPSA) is 32.3 Å². The van der Waals surface area contributed by atoms with Crippen molar-refractivity contribution in [1.29, 1.82) is 0 Å². The molecule has 3 heteroatoms. The normalized spacial score (nSPS) is 21.6. The maximum Gasteiger partial charge on any atom is 0.209 e. The smallest absolute Gasteiger partial charge is 0.209 e. The Balaban J connectivity index is 0.000000167. The van der Waals surface area contributed by atoms with Crippen molar-refractivity contribution < 1.29 is 4.79 Å². The number of hydrogen-bond donors (Lipinski definition) is 1. The molecular weight excluding hydrogens is 140 g/mol. The van der Waals surface area contributed by atoms with Crippen LogP contribution >= 0.6 is 0 Å². The molecule has 0 aromatic carbocycles. The van der Waals surface area contributed by atoms with E-state index >= 15 is 0 Å². The predicted molar refractivity (Wildman–Crippen MR) is 44.4 cm³/mol. The van der Waals surface area contributed by atoms with E-state index in [1.165, 1.54) is 19.3 Å². The quantitative estimate of drug-likeness (QED) is 0.551. The zero-order valence-corrected chi connectivity index (χ0v) is 6.88. The fraction of sp³-hybridized carbons (Fsp3) is 0.875. The Hall–Kier alpha value is -0.570. The average molecular weight is 156 g/mol. The summed E-state index contributed by atoms with van der Waals surface area (Å²) >= 11 is 0. The SMILES string of the molecule is C1CC1.O=CN1CCNCC1. The van der Waals surface area contributed by atoms with Crippen LogP contribution in [0.2, 0.25) is 0 Å². The number of piperazine rings is 1. The zero-order valence-electron chi connectivity index (χ0n) is 6.88. The van der Waals surface area contributed by atoms with Crippen molar-refractivity contribution in [3.63, 3.8) is 0 Å². The second kappa shape index (κ2) is 5.13. The van der Waals surface area contributed by atoms with E-state index < -0.39 is 0 Å². The van der Waals surface area contributed by atoms with E-state index in [1.54, 1.807) is 4.90 Å². The van der Waals surface area contributed by atoms with Crippen LogP contribution in [-0.2, 0) is 4.79 Å². The van der Waals surface area contributed by atoms with Gasteiger partial charge in [0.2, 0.25) is 6.41 Å². The van der Waals surface area contributed by atoms with Gasteiger partial charge >= 0.3 is 0 Å². The first kappa shape index (κ1) is 8.53. The number of nitrogens with one attached hydrogen (secondary N) is 1. The summed E-state index contributed by atoms with van der Waals surface area (Å²) in [5, 5.41) is 3.15. The second-order valence-corrected chi connectivity index (χ2v) is 2.95. The molecule has 0 unspecified atom stereocenters. The monoisotopic (exact) mass is 156 g/mol. The lowest BCUT2D eigenvalue weighted by molar-refractivity contribution is -0.118. The summed E-state index contributed by atoms with van der Waals surface area (Å²) in [5.74, 6) is 0.